The van der Waals surface area contributed by atoms with Crippen molar-refractivity contribution < 1.29 is 0 Å². The van der Waals surface area contributed by atoms with Crippen molar-refractivity contribution in [2.45, 2.75) is 40.0 Å². The van der Waals surface area contributed by atoms with Gasteiger partial charge < -0.3 is 0 Å². The predicted molar refractivity (Wildman–Crippen MR) is 114 cm³/mol. The van der Waals surface area contributed by atoms with Gasteiger partial charge in [-0.05, 0) is 42.7 Å². The lowest BCUT2D eigenvalue weighted by Gasteiger charge is -2.21. The van der Waals surface area contributed by atoms with Crippen LogP contribution in [0.25, 0.3) is 16.3 Å². The highest BCUT2D eigenvalue weighted by Gasteiger charge is 2.18. The molecule has 0 saturated carbocycles. The fourth-order valence-corrected chi connectivity index (χ4v) is 2.82. The maximum absolute atomic E-state index is 4.66. The quantitative estimate of drug-likeness (QED) is 0.534. The van der Waals surface area contributed by atoms with Crippen LogP contribution < -0.4 is 0 Å². The van der Waals surface area contributed by atoms with Crippen molar-refractivity contribution in [3.63, 3.8) is 0 Å². The first-order valence-electron chi connectivity index (χ1n) is 9.13. The maximum Gasteiger partial charge on any atom is 0.0742 e. The van der Waals surface area contributed by atoms with Crippen molar-refractivity contribution in [2.75, 3.05) is 0 Å². The number of rotatable bonds is 3. The molecule has 1 aromatic carbocycles. The van der Waals surface area contributed by atoms with Crippen LogP contribution in [0.4, 0.5) is 0 Å². The third-order valence-corrected chi connectivity index (χ3v) is 3.88. The molecule has 0 spiro atoms. The molecule has 1 aliphatic rings. The van der Waals surface area contributed by atoms with Gasteiger partial charge in [-0.15, -0.1) is 13.2 Å². The lowest BCUT2D eigenvalue weighted by molar-refractivity contribution is 0.686. The second-order valence-corrected chi connectivity index (χ2v) is 5.88. The molecule has 1 aliphatic carbocycles. The molecule has 1 nitrogen and oxygen atoms in total. The van der Waals surface area contributed by atoms with Gasteiger partial charge in [-0.1, -0.05) is 74.9 Å². The van der Waals surface area contributed by atoms with Gasteiger partial charge in [-0.3, -0.25) is 4.98 Å². The van der Waals surface area contributed by atoms with E-state index in [0.717, 1.165) is 18.5 Å². The summed E-state index contributed by atoms with van der Waals surface area (Å²) in [5.41, 5.74) is 2.50. The molecule has 0 N–H and O–H groups in total. The Bertz CT molecular complexity index is 716. The normalized spacial score (nSPS) is 15.8. The molecule has 0 aliphatic heterocycles. The molecule has 132 valence electrons. The number of pyridine rings is 1. The second-order valence-electron chi connectivity index (χ2n) is 5.88. The average molecular weight is 334 g/mol. The average Bonchev–Trinajstić information content (AvgIpc) is 2.68. The highest BCUT2D eigenvalue weighted by molar-refractivity contribution is 5.92. The van der Waals surface area contributed by atoms with Gasteiger partial charge in [0.2, 0.25) is 0 Å². The van der Waals surface area contributed by atoms with E-state index >= 15 is 0 Å². The minimum Gasteiger partial charge on any atom is -0.256 e. The Hall–Kier alpha value is -2.41. The Labute approximate surface area is 153 Å². The second kappa shape index (κ2) is 12.0. The topological polar surface area (TPSA) is 12.9 Å². The maximum atomic E-state index is 4.66. The summed E-state index contributed by atoms with van der Waals surface area (Å²) in [6, 6.07) is 10.6. The van der Waals surface area contributed by atoms with Crippen LogP contribution >= 0.6 is 0 Å². The molecule has 25 heavy (non-hydrogen) atoms. The van der Waals surface area contributed by atoms with E-state index in [1.54, 1.807) is 0 Å². The Morgan fingerprint density at radius 3 is 2.60 bits per heavy atom. The minimum atomic E-state index is 0.537. The van der Waals surface area contributed by atoms with Crippen molar-refractivity contribution in [1.29, 1.82) is 0 Å². The van der Waals surface area contributed by atoms with Gasteiger partial charge in [0.25, 0.3) is 0 Å². The third-order valence-electron chi connectivity index (χ3n) is 3.88. The van der Waals surface area contributed by atoms with Crippen LogP contribution in [0.5, 0.6) is 0 Å². The van der Waals surface area contributed by atoms with E-state index in [1.807, 2.05) is 6.20 Å². The Balaban J connectivity index is 0.000000567. The fourth-order valence-electron chi connectivity index (χ4n) is 2.82. The zero-order chi connectivity index (χ0) is 18.5. The monoisotopic (exact) mass is 333 g/mol. The number of aromatic nitrogens is 1. The zero-order valence-electron chi connectivity index (χ0n) is 15.9. The minimum absolute atomic E-state index is 0.537. The van der Waals surface area contributed by atoms with Crippen LogP contribution in [0.15, 0.2) is 80.1 Å². The van der Waals surface area contributed by atoms with Crippen LogP contribution in [0.2, 0.25) is 0 Å². The number of benzene rings is 1. The molecule has 0 amide bonds. The summed E-state index contributed by atoms with van der Waals surface area (Å²) in [6.45, 7) is 12.3. The SMILES string of the molecule is C=C.CC=CCC1CC=CC=C1c1nccc2ccccc12.CCC. The van der Waals surface area contributed by atoms with Gasteiger partial charge in [0.15, 0.2) is 0 Å². The van der Waals surface area contributed by atoms with E-state index in [-0.39, 0.29) is 0 Å². The molecule has 0 fully saturated rings. The summed E-state index contributed by atoms with van der Waals surface area (Å²) in [5.74, 6) is 0.537. The van der Waals surface area contributed by atoms with Gasteiger partial charge in [-0.2, -0.15) is 0 Å². The summed E-state index contributed by atoms with van der Waals surface area (Å²) in [7, 11) is 0. The summed E-state index contributed by atoms with van der Waals surface area (Å²) < 4.78 is 0. The van der Waals surface area contributed by atoms with Crippen molar-refractivity contribution in [3.8, 4) is 0 Å². The molecular formula is C24H31N. The first-order valence-corrected chi connectivity index (χ1v) is 9.13. The molecule has 1 atom stereocenters. The lowest BCUT2D eigenvalue weighted by atomic mass is 9.85. The number of hydrogen-bond acceptors (Lipinski definition) is 1. The molecule has 1 heterocycles. The predicted octanol–water partition coefficient (Wildman–Crippen LogP) is 7.38. The van der Waals surface area contributed by atoms with E-state index in [0.29, 0.717) is 5.92 Å². The Morgan fingerprint density at radius 1 is 1.16 bits per heavy atom. The summed E-state index contributed by atoms with van der Waals surface area (Å²) >= 11 is 0. The first-order chi connectivity index (χ1) is 12.3. The molecule has 1 heteroatoms. The molecule has 0 saturated heterocycles. The van der Waals surface area contributed by atoms with Gasteiger partial charge in [0.1, 0.15) is 0 Å². The van der Waals surface area contributed by atoms with E-state index in [2.05, 4.69) is 99.6 Å². The van der Waals surface area contributed by atoms with Gasteiger partial charge in [0, 0.05) is 11.6 Å². The molecule has 1 aromatic heterocycles. The van der Waals surface area contributed by atoms with E-state index in [1.165, 1.54) is 22.8 Å². The Kier molecular flexibility index (Phi) is 9.92. The van der Waals surface area contributed by atoms with Crippen molar-refractivity contribution in [1.82, 2.24) is 4.98 Å². The van der Waals surface area contributed by atoms with Crippen LogP contribution in [-0.2, 0) is 0 Å². The molecule has 2 aromatic rings. The standard InChI is InChI=1S/C19H19N.C3H8.C2H4/c1-2-3-8-15-9-4-6-11-17(15)19-18-12-7-5-10-16(18)13-14-20-19;1-3-2;1-2/h2-7,10-15H,8-9H2,1H3;3H2,1-2H3;1-2H2. The van der Waals surface area contributed by atoms with Crippen LogP contribution in [-0.4, -0.2) is 4.98 Å². The van der Waals surface area contributed by atoms with Crippen molar-refractivity contribution >= 4 is 16.3 Å². The third kappa shape index (κ3) is 5.86. The lowest BCUT2D eigenvalue weighted by Crippen LogP contribution is -2.06. The smallest absolute Gasteiger partial charge is 0.0742 e. The highest BCUT2D eigenvalue weighted by Crippen LogP contribution is 2.34. The summed E-state index contributed by atoms with van der Waals surface area (Å²) in [4.78, 5) is 4.66. The fraction of sp³-hybridized carbons (Fsp3) is 0.292. The van der Waals surface area contributed by atoms with Gasteiger partial charge in [-0.25, -0.2) is 0 Å². The molecule has 0 radical (unpaired) electrons. The number of fused-ring (bicyclic) bond motifs is 1. The molecular weight excluding hydrogens is 302 g/mol. The molecule has 0 bridgehead atoms. The van der Waals surface area contributed by atoms with E-state index in [9.17, 15) is 0 Å². The molecule has 3 rings (SSSR count). The van der Waals surface area contributed by atoms with Gasteiger partial charge in [0.05, 0.1) is 5.69 Å². The zero-order valence-corrected chi connectivity index (χ0v) is 15.9. The van der Waals surface area contributed by atoms with Crippen LogP contribution in [0, 0.1) is 5.92 Å². The van der Waals surface area contributed by atoms with E-state index in [4.69, 9.17) is 0 Å². The van der Waals surface area contributed by atoms with Crippen LogP contribution in [0.1, 0.15) is 45.7 Å². The van der Waals surface area contributed by atoms with Gasteiger partial charge >= 0.3 is 0 Å². The first kappa shape index (κ1) is 20.6. The number of hydrogen-bond donors (Lipinski definition) is 0. The number of allylic oxidation sites excluding steroid dienone is 6. The van der Waals surface area contributed by atoms with E-state index < -0.39 is 0 Å². The molecule has 1 unspecified atom stereocenters. The Morgan fingerprint density at radius 2 is 1.88 bits per heavy atom. The highest BCUT2D eigenvalue weighted by atomic mass is 14.7. The number of nitrogens with zero attached hydrogens (tertiary/aromatic N) is 1. The summed E-state index contributed by atoms with van der Waals surface area (Å²) in [6.07, 6.45) is 16.4. The van der Waals surface area contributed by atoms with Crippen molar-refractivity contribution in [3.05, 3.63) is 85.8 Å². The summed E-state index contributed by atoms with van der Waals surface area (Å²) in [5, 5.41) is 2.51. The largest absolute Gasteiger partial charge is 0.256 e. The van der Waals surface area contributed by atoms with Crippen LogP contribution in [0.3, 0.4) is 0 Å². The van der Waals surface area contributed by atoms with Crippen molar-refractivity contribution in [2.24, 2.45) is 5.92 Å².